The Hall–Kier alpha value is -3.00. The Kier molecular flexibility index (Phi) is 5.33. The lowest BCUT2D eigenvalue weighted by Crippen LogP contribution is -2.28. The van der Waals surface area contributed by atoms with E-state index in [4.69, 9.17) is 9.47 Å². The topological polar surface area (TPSA) is 68.2 Å². The first-order valence-electron chi connectivity index (χ1n) is 10.3. The number of halogens is 2. The fourth-order valence-corrected chi connectivity index (χ4v) is 5.30. The molecule has 32 heavy (non-hydrogen) atoms. The van der Waals surface area contributed by atoms with Gasteiger partial charge < -0.3 is 9.47 Å². The fourth-order valence-electron chi connectivity index (χ4n) is 4.85. The maximum Gasteiger partial charge on any atom is 0.254 e. The van der Waals surface area contributed by atoms with Crippen molar-refractivity contribution in [3.8, 4) is 11.5 Å². The van der Waals surface area contributed by atoms with Crippen LogP contribution in [0.3, 0.4) is 0 Å². The number of hydrazone groups is 1. The summed E-state index contributed by atoms with van der Waals surface area (Å²) in [5, 5.41) is 5.25. The van der Waals surface area contributed by atoms with Crippen molar-refractivity contribution in [2.45, 2.75) is 13.0 Å². The summed E-state index contributed by atoms with van der Waals surface area (Å²) in [7, 11) is 1.52. The van der Waals surface area contributed by atoms with Crippen molar-refractivity contribution in [3.63, 3.8) is 0 Å². The Morgan fingerprint density at radius 2 is 1.78 bits per heavy atom. The number of benzene rings is 2. The molecule has 1 saturated carbocycles. The highest BCUT2D eigenvalue weighted by Gasteiger charge is 2.59. The zero-order valence-corrected chi connectivity index (χ0v) is 18.8. The minimum Gasteiger partial charge on any atom is -0.493 e. The zero-order chi connectivity index (χ0) is 22.4. The van der Waals surface area contributed by atoms with Crippen LogP contribution in [0.15, 0.2) is 58.1 Å². The molecule has 4 atom stereocenters. The number of hydrogen-bond donors (Lipinski definition) is 0. The second-order valence-corrected chi connectivity index (χ2v) is 9.09. The van der Waals surface area contributed by atoms with Gasteiger partial charge in [0.1, 0.15) is 12.4 Å². The van der Waals surface area contributed by atoms with Crippen LogP contribution in [0.25, 0.3) is 0 Å². The maximum absolute atomic E-state index is 13.2. The molecule has 3 aliphatic rings. The van der Waals surface area contributed by atoms with Crippen molar-refractivity contribution in [2.24, 2.45) is 28.8 Å². The van der Waals surface area contributed by atoms with Crippen molar-refractivity contribution in [3.05, 3.63) is 70.0 Å². The Labute approximate surface area is 192 Å². The Balaban J connectivity index is 1.41. The summed E-state index contributed by atoms with van der Waals surface area (Å²) in [6.07, 6.45) is 6.41. The normalized spacial score (nSPS) is 25.8. The van der Waals surface area contributed by atoms with Gasteiger partial charge in [0, 0.05) is 10.0 Å². The van der Waals surface area contributed by atoms with Crippen LogP contribution < -0.4 is 9.47 Å². The van der Waals surface area contributed by atoms with E-state index in [0.29, 0.717) is 17.1 Å². The molecule has 2 amide bonds. The highest BCUT2D eigenvalue weighted by molar-refractivity contribution is 9.10. The van der Waals surface area contributed by atoms with E-state index in [2.05, 4.69) is 21.0 Å². The molecule has 2 bridgehead atoms. The first-order valence-corrected chi connectivity index (χ1v) is 11.1. The van der Waals surface area contributed by atoms with Crippen molar-refractivity contribution in [1.82, 2.24) is 5.01 Å². The fraction of sp³-hybridized carbons (Fsp3) is 0.292. The summed E-state index contributed by atoms with van der Waals surface area (Å²) < 4.78 is 25.3. The van der Waals surface area contributed by atoms with Crippen LogP contribution in [0.5, 0.6) is 11.5 Å². The van der Waals surface area contributed by atoms with Crippen LogP contribution in [0.4, 0.5) is 4.39 Å². The number of hydrogen-bond acceptors (Lipinski definition) is 5. The lowest BCUT2D eigenvalue weighted by atomic mass is 9.85. The van der Waals surface area contributed by atoms with E-state index in [1.54, 1.807) is 24.3 Å². The Morgan fingerprint density at radius 1 is 1.12 bits per heavy atom. The Morgan fingerprint density at radius 3 is 2.41 bits per heavy atom. The second-order valence-electron chi connectivity index (χ2n) is 8.17. The molecule has 8 heteroatoms. The number of carbonyl (C=O) groups is 2. The summed E-state index contributed by atoms with van der Waals surface area (Å²) in [6.45, 7) is 0.180. The van der Waals surface area contributed by atoms with Gasteiger partial charge in [-0.25, -0.2) is 4.39 Å². The van der Waals surface area contributed by atoms with Crippen LogP contribution in [-0.4, -0.2) is 30.1 Å². The molecule has 0 aromatic heterocycles. The van der Waals surface area contributed by atoms with Crippen molar-refractivity contribution < 1.29 is 23.5 Å². The summed E-state index contributed by atoms with van der Waals surface area (Å²) in [5.41, 5.74) is 1.32. The standard InChI is InChI=1S/C24H20BrFN2O4/c1-31-19-10-17(25)9-16(22(19)32-12-13-2-6-18(26)7-3-13)11-27-28-23(29)20-14-4-5-15(8-14)21(20)24(28)30/h2-7,9-11,14-15,20-21H,8,12H2,1H3/t14-,15-,20-,21+/m0/s1. The van der Waals surface area contributed by atoms with Gasteiger partial charge in [-0.2, -0.15) is 10.1 Å². The largest absolute Gasteiger partial charge is 0.493 e. The maximum atomic E-state index is 13.2. The van der Waals surface area contributed by atoms with E-state index in [0.717, 1.165) is 21.5 Å². The average molecular weight is 499 g/mol. The number of amides is 2. The summed E-state index contributed by atoms with van der Waals surface area (Å²) in [4.78, 5) is 25.8. The first-order chi connectivity index (χ1) is 15.5. The average Bonchev–Trinajstić information content (AvgIpc) is 3.46. The Bertz CT molecular complexity index is 1120. The third-order valence-corrected chi connectivity index (χ3v) is 6.78. The number of nitrogens with zero attached hydrogens (tertiary/aromatic N) is 2. The summed E-state index contributed by atoms with van der Waals surface area (Å²) >= 11 is 3.44. The SMILES string of the molecule is COc1cc(Br)cc(C=NN2C(=O)[C@@H]3[C@H](C2=O)[C@H]2C=C[C@H]3C2)c1OCc1ccc(F)cc1. The number of carbonyl (C=O) groups excluding carboxylic acids is 2. The van der Waals surface area contributed by atoms with Gasteiger partial charge >= 0.3 is 0 Å². The molecule has 0 N–H and O–H groups in total. The smallest absolute Gasteiger partial charge is 0.254 e. The minimum absolute atomic E-state index is 0.127. The monoisotopic (exact) mass is 498 g/mol. The lowest BCUT2D eigenvalue weighted by molar-refractivity contribution is -0.140. The van der Waals surface area contributed by atoms with E-state index >= 15 is 0 Å². The number of allylic oxidation sites excluding steroid dienone is 2. The molecule has 164 valence electrons. The molecule has 6 nitrogen and oxygen atoms in total. The highest BCUT2D eigenvalue weighted by atomic mass is 79.9. The van der Waals surface area contributed by atoms with Crippen LogP contribution in [0, 0.1) is 29.5 Å². The molecule has 0 radical (unpaired) electrons. The van der Waals surface area contributed by atoms with E-state index in [1.165, 1.54) is 25.5 Å². The predicted molar refractivity (Wildman–Crippen MR) is 119 cm³/mol. The molecule has 0 unspecified atom stereocenters. The van der Waals surface area contributed by atoms with Crippen LogP contribution in [-0.2, 0) is 16.2 Å². The van der Waals surface area contributed by atoms with Crippen LogP contribution in [0.1, 0.15) is 17.5 Å². The molecule has 1 saturated heterocycles. The highest BCUT2D eigenvalue weighted by Crippen LogP contribution is 2.52. The molecular weight excluding hydrogens is 479 g/mol. The third-order valence-electron chi connectivity index (χ3n) is 6.32. The number of ether oxygens (including phenoxy) is 2. The molecular formula is C24H20BrFN2O4. The van der Waals surface area contributed by atoms with Gasteiger partial charge in [0.05, 0.1) is 25.2 Å². The summed E-state index contributed by atoms with van der Waals surface area (Å²) in [5.74, 6) is -0.305. The molecule has 2 aromatic rings. The second kappa shape index (κ2) is 8.16. The van der Waals surface area contributed by atoms with Crippen molar-refractivity contribution >= 4 is 34.0 Å². The predicted octanol–water partition coefficient (Wildman–Crippen LogP) is 4.32. The number of rotatable bonds is 6. The number of methoxy groups -OCH3 is 1. The van der Waals surface area contributed by atoms with E-state index in [-0.39, 0.29) is 47.9 Å². The molecule has 2 aliphatic carbocycles. The van der Waals surface area contributed by atoms with Gasteiger partial charge in [-0.1, -0.05) is 40.2 Å². The summed E-state index contributed by atoms with van der Waals surface area (Å²) in [6, 6.07) is 9.52. The molecule has 0 spiro atoms. The minimum atomic E-state index is -0.323. The molecule has 1 aliphatic heterocycles. The first kappa shape index (κ1) is 20.9. The molecule has 2 aromatic carbocycles. The molecule has 1 heterocycles. The van der Waals surface area contributed by atoms with Crippen molar-refractivity contribution in [2.75, 3.05) is 7.11 Å². The van der Waals surface area contributed by atoms with E-state index < -0.39 is 0 Å². The third kappa shape index (κ3) is 3.52. The van der Waals surface area contributed by atoms with E-state index in [1.807, 2.05) is 12.2 Å². The zero-order valence-electron chi connectivity index (χ0n) is 17.2. The van der Waals surface area contributed by atoms with Gasteiger partial charge in [-0.15, -0.1) is 0 Å². The quantitative estimate of drug-likeness (QED) is 0.338. The van der Waals surface area contributed by atoms with E-state index in [9.17, 15) is 14.0 Å². The lowest BCUT2D eigenvalue weighted by Gasteiger charge is -2.15. The number of fused-ring (bicyclic) bond motifs is 5. The molecule has 5 rings (SSSR count). The van der Waals surface area contributed by atoms with Gasteiger partial charge in [-0.05, 0) is 48.1 Å². The van der Waals surface area contributed by atoms with Gasteiger partial charge in [0.2, 0.25) is 0 Å². The van der Waals surface area contributed by atoms with Gasteiger partial charge in [0.15, 0.2) is 11.5 Å². The molecule has 2 fully saturated rings. The van der Waals surface area contributed by atoms with Crippen molar-refractivity contribution in [1.29, 1.82) is 0 Å². The van der Waals surface area contributed by atoms with Crippen LogP contribution >= 0.6 is 15.9 Å². The van der Waals surface area contributed by atoms with Crippen LogP contribution in [0.2, 0.25) is 0 Å². The number of imide groups is 1. The van der Waals surface area contributed by atoms with Gasteiger partial charge in [0.25, 0.3) is 11.8 Å². The van der Waals surface area contributed by atoms with Gasteiger partial charge in [-0.3, -0.25) is 9.59 Å².